The number of hydrogen-bond acceptors (Lipinski definition) is 6. The summed E-state index contributed by atoms with van der Waals surface area (Å²) < 4.78 is 27.7. The van der Waals surface area contributed by atoms with Gasteiger partial charge in [-0.15, -0.1) is 11.3 Å². The molecule has 152 valence electrons. The first kappa shape index (κ1) is 20.2. The van der Waals surface area contributed by atoms with E-state index in [0.717, 1.165) is 38.2 Å². The third-order valence-electron chi connectivity index (χ3n) is 4.33. The van der Waals surface area contributed by atoms with Crippen LogP contribution in [-0.4, -0.2) is 20.9 Å². The third kappa shape index (κ3) is 4.12. The van der Waals surface area contributed by atoms with Gasteiger partial charge in [0, 0.05) is 18.0 Å². The number of carbonyl (C=O) groups excluding carboxylic acids is 1. The van der Waals surface area contributed by atoms with Gasteiger partial charge in [-0.3, -0.25) is 9.78 Å². The summed E-state index contributed by atoms with van der Waals surface area (Å²) in [6.07, 6.45) is 2.95. The van der Waals surface area contributed by atoms with Crippen LogP contribution in [0.3, 0.4) is 0 Å². The highest BCUT2D eigenvalue weighted by Gasteiger charge is 2.21. The number of pyridine rings is 1. The SMILES string of the molecule is Cc1nc(C)c(-c2nc(NC(=O)Cc3c(F)cccc3F)sc2-c2ccncc2)s1. The molecule has 0 aliphatic rings. The fourth-order valence-electron chi connectivity index (χ4n) is 3.00. The zero-order chi connectivity index (χ0) is 21.3. The normalized spacial score (nSPS) is 10.9. The largest absolute Gasteiger partial charge is 0.302 e. The zero-order valence-corrected chi connectivity index (χ0v) is 17.7. The lowest BCUT2D eigenvalue weighted by molar-refractivity contribution is -0.115. The first-order chi connectivity index (χ1) is 14.4. The highest BCUT2D eigenvalue weighted by Crippen LogP contribution is 2.42. The number of aryl methyl sites for hydroxylation is 2. The molecule has 0 bridgehead atoms. The molecule has 1 N–H and O–H groups in total. The van der Waals surface area contributed by atoms with Crippen LogP contribution in [0.1, 0.15) is 16.3 Å². The van der Waals surface area contributed by atoms with Gasteiger partial charge in [-0.1, -0.05) is 17.4 Å². The van der Waals surface area contributed by atoms with Gasteiger partial charge in [-0.05, 0) is 43.7 Å². The molecule has 0 radical (unpaired) electrons. The van der Waals surface area contributed by atoms with Crippen molar-refractivity contribution in [3.8, 4) is 21.0 Å². The molecule has 0 unspecified atom stereocenters. The van der Waals surface area contributed by atoms with Gasteiger partial charge in [-0.2, -0.15) is 0 Å². The van der Waals surface area contributed by atoms with E-state index >= 15 is 0 Å². The summed E-state index contributed by atoms with van der Waals surface area (Å²) in [5.41, 5.74) is 2.20. The second kappa shape index (κ2) is 8.37. The summed E-state index contributed by atoms with van der Waals surface area (Å²) in [6.45, 7) is 3.83. The number of nitrogens with one attached hydrogen (secondary N) is 1. The molecule has 1 aromatic carbocycles. The van der Waals surface area contributed by atoms with E-state index in [9.17, 15) is 13.6 Å². The van der Waals surface area contributed by atoms with Crippen molar-refractivity contribution in [1.29, 1.82) is 0 Å². The Kier molecular flexibility index (Phi) is 5.65. The number of amides is 1. The highest BCUT2D eigenvalue weighted by molar-refractivity contribution is 7.20. The molecule has 0 saturated carbocycles. The molecule has 0 saturated heterocycles. The van der Waals surface area contributed by atoms with Crippen molar-refractivity contribution >= 4 is 33.7 Å². The van der Waals surface area contributed by atoms with E-state index in [-0.39, 0.29) is 5.56 Å². The van der Waals surface area contributed by atoms with Gasteiger partial charge in [0.25, 0.3) is 0 Å². The minimum absolute atomic E-state index is 0.268. The zero-order valence-electron chi connectivity index (χ0n) is 16.1. The van der Waals surface area contributed by atoms with E-state index < -0.39 is 24.0 Å². The quantitative estimate of drug-likeness (QED) is 0.449. The van der Waals surface area contributed by atoms with Gasteiger partial charge in [0.1, 0.15) is 17.3 Å². The molecule has 0 atom stereocenters. The number of benzene rings is 1. The molecule has 4 rings (SSSR count). The Bertz CT molecular complexity index is 1200. The van der Waals surface area contributed by atoms with Gasteiger partial charge in [0.15, 0.2) is 5.13 Å². The summed E-state index contributed by atoms with van der Waals surface area (Å²) in [5, 5.41) is 3.94. The highest BCUT2D eigenvalue weighted by atomic mass is 32.1. The van der Waals surface area contributed by atoms with Crippen molar-refractivity contribution in [1.82, 2.24) is 15.0 Å². The van der Waals surface area contributed by atoms with E-state index in [1.54, 1.807) is 12.4 Å². The predicted octanol–water partition coefficient (Wildman–Crippen LogP) is 5.40. The average Bonchev–Trinajstić information content (AvgIpc) is 3.27. The van der Waals surface area contributed by atoms with Crippen LogP contribution in [0.25, 0.3) is 21.0 Å². The van der Waals surface area contributed by atoms with E-state index in [2.05, 4.69) is 20.3 Å². The molecule has 5 nitrogen and oxygen atoms in total. The van der Waals surface area contributed by atoms with Crippen LogP contribution in [0, 0.1) is 25.5 Å². The number of carbonyl (C=O) groups is 1. The number of aromatic nitrogens is 3. The van der Waals surface area contributed by atoms with Crippen molar-refractivity contribution in [2.45, 2.75) is 20.3 Å². The second-order valence-electron chi connectivity index (χ2n) is 6.51. The van der Waals surface area contributed by atoms with Gasteiger partial charge in [0.05, 0.1) is 26.9 Å². The van der Waals surface area contributed by atoms with E-state index in [0.29, 0.717) is 10.8 Å². The van der Waals surface area contributed by atoms with Gasteiger partial charge in [0.2, 0.25) is 5.91 Å². The van der Waals surface area contributed by atoms with Crippen molar-refractivity contribution < 1.29 is 13.6 Å². The lowest BCUT2D eigenvalue weighted by atomic mass is 10.1. The van der Waals surface area contributed by atoms with Gasteiger partial charge in [-0.25, -0.2) is 18.7 Å². The number of thiazole rings is 2. The van der Waals surface area contributed by atoms with Crippen LogP contribution in [0.5, 0.6) is 0 Å². The maximum atomic E-state index is 13.9. The van der Waals surface area contributed by atoms with Crippen molar-refractivity contribution in [3.63, 3.8) is 0 Å². The fraction of sp³-hybridized carbons (Fsp3) is 0.143. The number of hydrogen-bond donors (Lipinski definition) is 1. The average molecular weight is 443 g/mol. The van der Waals surface area contributed by atoms with Crippen molar-refractivity contribution in [2.24, 2.45) is 0 Å². The maximum absolute atomic E-state index is 13.9. The Hall–Kier alpha value is -3.04. The number of anilines is 1. The lowest BCUT2D eigenvalue weighted by Gasteiger charge is -2.04. The van der Waals surface area contributed by atoms with Crippen LogP contribution < -0.4 is 5.32 Å². The topological polar surface area (TPSA) is 67.8 Å². The molecular weight excluding hydrogens is 426 g/mol. The molecule has 3 aromatic heterocycles. The van der Waals surface area contributed by atoms with Crippen molar-refractivity contribution in [2.75, 3.05) is 5.32 Å². The lowest BCUT2D eigenvalue weighted by Crippen LogP contribution is -2.16. The van der Waals surface area contributed by atoms with Crippen LogP contribution in [0.2, 0.25) is 0 Å². The molecule has 4 aromatic rings. The number of halogens is 2. The van der Waals surface area contributed by atoms with E-state index in [1.165, 1.54) is 28.7 Å². The Morgan fingerprint density at radius 1 is 1.00 bits per heavy atom. The molecule has 9 heteroatoms. The molecular formula is C21H16F2N4OS2. The minimum Gasteiger partial charge on any atom is -0.302 e. The standard InChI is InChI=1S/C21H16F2N4OS2/c1-11-19(29-12(2)25-11)18-20(13-6-8-24-9-7-13)30-21(27-18)26-17(28)10-14-15(22)4-3-5-16(14)23/h3-9H,10H2,1-2H3,(H,26,27,28). The minimum atomic E-state index is -0.752. The monoisotopic (exact) mass is 442 g/mol. The predicted molar refractivity (Wildman–Crippen MR) is 115 cm³/mol. The fourth-order valence-corrected chi connectivity index (χ4v) is 4.98. The Balaban J connectivity index is 1.68. The molecule has 1 amide bonds. The maximum Gasteiger partial charge on any atom is 0.230 e. The molecule has 0 aliphatic carbocycles. The molecule has 30 heavy (non-hydrogen) atoms. The smallest absolute Gasteiger partial charge is 0.230 e. The molecule has 0 aliphatic heterocycles. The van der Waals surface area contributed by atoms with E-state index in [4.69, 9.17) is 0 Å². The first-order valence-corrected chi connectivity index (χ1v) is 10.6. The Morgan fingerprint density at radius 2 is 1.70 bits per heavy atom. The summed E-state index contributed by atoms with van der Waals surface area (Å²) in [7, 11) is 0. The first-order valence-electron chi connectivity index (χ1n) is 9.00. The van der Waals surface area contributed by atoms with Gasteiger partial charge >= 0.3 is 0 Å². The molecule has 3 heterocycles. The van der Waals surface area contributed by atoms with Crippen LogP contribution in [-0.2, 0) is 11.2 Å². The third-order valence-corrected chi connectivity index (χ3v) is 6.43. The van der Waals surface area contributed by atoms with Crippen LogP contribution >= 0.6 is 22.7 Å². The van der Waals surface area contributed by atoms with E-state index in [1.807, 2.05) is 26.0 Å². The Morgan fingerprint density at radius 3 is 2.33 bits per heavy atom. The summed E-state index contributed by atoms with van der Waals surface area (Å²) in [4.78, 5) is 27.3. The van der Waals surface area contributed by atoms with Crippen LogP contribution in [0.4, 0.5) is 13.9 Å². The molecule has 0 spiro atoms. The second-order valence-corrected chi connectivity index (χ2v) is 8.71. The molecule has 0 fully saturated rings. The van der Waals surface area contributed by atoms with Crippen LogP contribution in [0.15, 0.2) is 42.7 Å². The summed E-state index contributed by atoms with van der Waals surface area (Å²) >= 11 is 2.81. The van der Waals surface area contributed by atoms with Crippen molar-refractivity contribution in [3.05, 3.63) is 70.6 Å². The Labute approximate surface area is 179 Å². The number of nitrogens with zero attached hydrogens (tertiary/aromatic N) is 3. The van der Waals surface area contributed by atoms with Gasteiger partial charge < -0.3 is 5.32 Å². The summed E-state index contributed by atoms with van der Waals surface area (Å²) in [6, 6.07) is 7.24. The summed E-state index contributed by atoms with van der Waals surface area (Å²) in [5.74, 6) is -2.05. The number of rotatable bonds is 5.